The van der Waals surface area contributed by atoms with Crippen LogP contribution in [0.15, 0.2) is 43.0 Å². The summed E-state index contributed by atoms with van der Waals surface area (Å²) in [7, 11) is 1.85. The first-order chi connectivity index (χ1) is 19.4. The van der Waals surface area contributed by atoms with Crippen LogP contribution >= 0.6 is 0 Å². The van der Waals surface area contributed by atoms with Crippen molar-refractivity contribution in [3.63, 3.8) is 0 Å². The third-order valence-corrected chi connectivity index (χ3v) is 8.08. The van der Waals surface area contributed by atoms with E-state index in [2.05, 4.69) is 35.8 Å². The van der Waals surface area contributed by atoms with Gasteiger partial charge < -0.3 is 15.4 Å². The minimum atomic E-state index is -0.445. The van der Waals surface area contributed by atoms with Crippen LogP contribution in [0.1, 0.15) is 52.4 Å². The normalized spacial score (nSPS) is 16.9. The molecule has 2 fully saturated rings. The Labute approximate surface area is 231 Å². The minimum Gasteiger partial charge on any atom is -0.381 e. The highest BCUT2D eigenvalue weighted by atomic mass is 16.5. The lowest BCUT2D eigenvalue weighted by Crippen LogP contribution is -2.50. The number of aryl methyl sites for hydroxylation is 2. The highest BCUT2D eigenvalue weighted by Gasteiger charge is 2.41. The van der Waals surface area contributed by atoms with E-state index < -0.39 is 5.91 Å². The van der Waals surface area contributed by atoms with Crippen LogP contribution in [0.3, 0.4) is 0 Å². The molecular weight excluding hydrogens is 510 g/mol. The largest absolute Gasteiger partial charge is 0.381 e. The SMILES string of the molecule is Cc1ncc(C(=O)NCCN2CCCC23CCOCC3)cc1NC(=O)c1nnc2cc(-c3cnn(C)c3)ccn12. The molecule has 1 spiro atoms. The van der Waals surface area contributed by atoms with Gasteiger partial charge in [-0.05, 0) is 62.9 Å². The van der Waals surface area contributed by atoms with Crippen molar-refractivity contribution in [2.45, 2.75) is 38.1 Å². The van der Waals surface area contributed by atoms with E-state index in [1.165, 1.54) is 19.0 Å². The van der Waals surface area contributed by atoms with Crippen molar-refractivity contribution in [2.24, 2.45) is 7.05 Å². The maximum atomic E-state index is 13.2. The second-order valence-corrected chi connectivity index (χ2v) is 10.6. The predicted octanol–water partition coefficient (Wildman–Crippen LogP) is 2.46. The second kappa shape index (κ2) is 10.8. The molecule has 12 nitrogen and oxygen atoms in total. The van der Waals surface area contributed by atoms with Crippen molar-refractivity contribution in [3.8, 4) is 11.1 Å². The molecule has 2 amide bonds. The number of nitrogens with one attached hydrogen (secondary N) is 2. The smallest absolute Gasteiger partial charge is 0.294 e. The van der Waals surface area contributed by atoms with E-state index in [9.17, 15) is 9.59 Å². The number of pyridine rings is 2. The molecule has 0 bridgehead atoms. The van der Waals surface area contributed by atoms with Crippen molar-refractivity contribution in [1.29, 1.82) is 0 Å². The predicted molar refractivity (Wildman–Crippen MR) is 148 cm³/mol. The lowest BCUT2D eigenvalue weighted by atomic mass is 9.87. The average molecular weight is 544 g/mol. The van der Waals surface area contributed by atoms with Gasteiger partial charge in [0, 0.05) is 63.0 Å². The Morgan fingerprint density at radius 1 is 1.07 bits per heavy atom. The van der Waals surface area contributed by atoms with Gasteiger partial charge in [-0.25, -0.2) is 0 Å². The van der Waals surface area contributed by atoms with Crippen LogP contribution < -0.4 is 10.6 Å². The summed E-state index contributed by atoms with van der Waals surface area (Å²) >= 11 is 0. The third kappa shape index (κ3) is 5.07. The highest BCUT2D eigenvalue weighted by molar-refractivity contribution is 6.03. The molecule has 0 aromatic carbocycles. The first-order valence-electron chi connectivity index (χ1n) is 13.6. The van der Waals surface area contributed by atoms with Crippen LogP contribution in [0.25, 0.3) is 16.8 Å². The molecule has 0 atom stereocenters. The van der Waals surface area contributed by atoms with Crippen LogP contribution in [-0.4, -0.2) is 84.5 Å². The van der Waals surface area contributed by atoms with E-state index >= 15 is 0 Å². The summed E-state index contributed by atoms with van der Waals surface area (Å²) in [5, 5.41) is 18.4. The number of hydrogen-bond acceptors (Lipinski definition) is 8. The van der Waals surface area contributed by atoms with E-state index in [-0.39, 0.29) is 17.3 Å². The molecule has 4 aromatic heterocycles. The quantitative estimate of drug-likeness (QED) is 0.363. The van der Waals surface area contributed by atoms with Crippen LogP contribution in [0.4, 0.5) is 5.69 Å². The molecule has 6 heterocycles. The Balaban J connectivity index is 1.11. The van der Waals surface area contributed by atoms with Crippen molar-refractivity contribution >= 4 is 23.1 Å². The van der Waals surface area contributed by atoms with E-state index in [4.69, 9.17) is 4.74 Å². The Morgan fingerprint density at radius 2 is 1.93 bits per heavy atom. The summed E-state index contributed by atoms with van der Waals surface area (Å²) < 4.78 is 8.92. The second-order valence-electron chi connectivity index (χ2n) is 10.6. The van der Waals surface area contributed by atoms with E-state index in [0.717, 1.165) is 50.3 Å². The standard InChI is InChI=1S/C28H33N9O3/c1-19-23(32-27(39)25-34-33-24-15-20(4-10-37(24)25)22-17-31-35(2)18-22)14-21(16-30-19)26(38)29-8-11-36-9-3-5-28(36)6-12-40-13-7-28/h4,10,14-18H,3,5-9,11-13H2,1-2H3,(H,29,38)(H,32,39). The fourth-order valence-electron chi connectivity index (χ4n) is 5.82. The molecule has 0 aliphatic carbocycles. The minimum absolute atomic E-state index is 0.134. The first-order valence-corrected chi connectivity index (χ1v) is 13.6. The third-order valence-electron chi connectivity index (χ3n) is 8.08. The van der Waals surface area contributed by atoms with Gasteiger partial charge >= 0.3 is 0 Å². The van der Waals surface area contributed by atoms with Crippen molar-refractivity contribution < 1.29 is 14.3 Å². The molecule has 2 aliphatic heterocycles. The fourth-order valence-corrected chi connectivity index (χ4v) is 5.82. The molecule has 2 aliphatic rings. The summed E-state index contributed by atoms with van der Waals surface area (Å²) in [4.78, 5) is 33.0. The molecule has 0 unspecified atom stereocenters. The summed E-state index contributed by atoms with van der Waals surface area (Å²) in [6.07, 6.45) is 11.5. The molecule has 40 heavy (non-hydrogen) atoms. The Hall–Kier alpha value is -4.16. The number of likely N-dealkylation sites (tertiary alicyclic amines) is 1. The van der Waals surface area contributed by atoms with Gasteiger partial charge in [-0.3, -0.25) is 28.6 Å². The van der Waals surface area contributed by atoms with Crippen LogP contribution in [0, 0.1) is 6.92 Å². The average Bonchev–Trinajstić information content (AvgIpc) is 3.69. The molecule has 4 aromatic rings. The zero-order valence-electron chi connectivity index (χ0n) is 22.8. The molecule has 2 saturated heterocycles. The number of carbonyl (C=O) groups excluding carboxylic acids is 2. The lowest BCUT2D eigenvalue weighted by molar-refractivity contribution is -0.00743. The van der Waals surface area contributed by atoms with Gasteiger partial charge in [-0.1, -0.05) is 0 Å². The number of nitrogens with zero attached hydrogens (tertiary/aromatic N) is 7. The van der Waals surface area contributed by atoms with Gasteiger partial charge in [0.05, 0.1) is 23.1 Å². The summed E-state index contributed by atoms with van der Waals surface area (Å²) in [5.41, 5.74) is 4.05. The maximum absolute atomic E-state index is 13.2. The van der Waals surface area contributed by atoms with Gasteiger partial charge in [0.25, 0.3) is 11.8 Å². The van der Waals surface area contributed by atoms with E-state index in [1.54, 1.807) is 34.5 Å². The molecule has 2 N–H and O–H groups in total. The number of ether oxygens (including phenoxy) is 1. The maximum Gasteiger partial charge on any atom is 0.294 e. The van der Waals surface area contributed by atoms with Gasteiger partial charge in [0.15, 0.2) is 5.65 Å². The Bertz CT molecular complexity index is 1550. The summed E-state index contributed by atoms with van der Waals surface area (Å²) in [5.74, 6) is -0.534. The fraction of sp³-hybridized carbons (Fsp3) is 0.429. The zero-order valence-corrected chi connectivity index (χ0v) is 22.8. The van der Waals surface area contributed by atoms with E-state index in [0.29, 0.717) is 29.1 Å². The van der Waals surface area contributed by atoms with Gasteiger partial charge in [0.2, 0.25) is 5.82 Å². The number of hydrogen-bond donors (Lipinski definition) is 2. The highest BCUT2D eigenvalue weighted by Crippen LogP contribution is 2.37. The van der Waals surface area contributed by atoms with Crippen LogP contribution in [0.2, 0.25) is 0 Å². The Morgan fingerprint density at radius 3 is 2.73 bits per heavy atom. The number of fused-ring (bicyclic) bond motifs is 1. The van der Waals surface area contributed by atoms with Gasteiger partial charge in [0.1, 0.15) is 0 Å². The van der Waals surface area contributed by atoms with Crippen LogP contribution in [0.5, 0.6) is 0 Å². The molecular formula is C28H33N9O3. The first kappa shape index (κ1) is 26.1. The number of aromatic nitrogens is 6. The summed E-state index contributed by atoms with van der Waals surface area (Å²) in [6.45, 7) is 5.80. The Kier molecular flexibility index (Phi) is 7.03. The molecule has 6 rings (SSSR count). The van der Waals surface area contributed by atoms with Gasteiger partial charge in [-0.2, -0.15) is 5.10 Å². The summed E-state index contributed by atoms with van der Waals surface area (Å²) in [6, 6.07) is 5.38. The molecule has 0 radical (unpaired) electrons. The number of amides is 2. The lowest BCUT2D eigenvalue weighted by Gasteiger charge is -2.41. The number of carbonyl (C=O) groups is 2. The number of anilines is 1. The number of rotatable bonds is 7. The molecule has 0 saturated carbocycles. The van der Waals surface area contributed by atoms with Crippen LogP contribution in [-0.2, 0) is 11.8 Å². The molecule has 12 heteroatoms. The van der Waals surface area contributed by atoms with Gasteiger partial charge in [-0.15, -0.1) is 10.2 Å². The topological polar surface area (TPSA) is 132 Å². The molecule has 208 valence electrons. The van der Waals surface area contributed by atoms with Crippen molar-refractivity contribution in [1.82, 2.24) is 39.6 Å². The van der Waals surface area contributed by atoms with Crippen molar-refractivity contribution in [2.75, 3.05) is 38.2 Å². The zero-order chi connectivity index (χ0) is 27.7. The van der Waals surface area contributed by atoms with Crippen molar-refractivity contribution in [3.05, 3.63) is 60.1 Å². The monoisotopic (exact) mass is 543 g/mol. The van der Waals surface area contributed by atoms with E-state index in [1.807, 2.05) is 25.4 Å².